The molecule has 1 aliphatic heterocycles. The number of methoxy groups -OCH3 is 1. The number of ether oxygens (including phenoxy) is 2. The fourth-order valence-corrected chi connectivity index (χ4v) is 3.01. The molecule has 1 aromatic carbocycles. The molecule has 1 heterocycles. The van der Waals surface area contributed by atoms with Crippen LogP contribution in [0.4, 0.5) is 0 Å². The minimum atomic E-state index is -0.474. The Balaban J connectivity index is 2.29. The van der Waals surface area contributed by atoms with Crippen molar-refractivity contribution in [2.24, 2.45) is 5.92 Å². The zero-order chi connectivity index (χ0) is 14.8. The highest BCUT2D eigenvalue weighted by atomic mass is 16.5. The molecule has 0 saturated heterocycles. The Morgan fingerprint density at radius 3 is 2.80 bits per heavy atom. The van der Waals surface area contributed by atoms with Crippen LogP contribution in [-0.2, 0) is 0 Å². The topological polar surface area (TPSA) is 38.7 Å². The Bertz CT molecular complexity index is 458. The molecule has 3 atom stereocenters. The number of aliphatic hydroxyl groups is 1. The molecule has 2 unspecified atom stereocenters. The summed E-state index contributed by atoms with van der Waals surface area (Å²) < 4.78 is 11.5. The Labute approximate surface area is 121 Å². The molecule has 20 heavy (non-hydrogen) atoms. The molecular formula is C17H26O3. The minimum Gasteiger partial charge on any atom is -0.497 e. The van der Waals surface area contributed by atoms with Gasteiger partial charge >= 0.3 is 0 Å². The number of aliphatic hydroxyl groups excluding tert-OH is 1. The van der Waals surface area contributed by atoms with Gasteiger partial charge in [-0.15, -0.1) is 0 Å². The first-order chi connectivity index (χ1) is 9.53. The molecule has 2 rings (SSSR count). The fourth-order valence-electron chi connectivity index (χ4n) is 3.01. The van der Waals surface area contributed by atoms with Gasteiger partial charge in [0, 0.05) is 12.0 Å². The standard InChI is InChI=1S/C17H26O3/c1-5-12(3)10-17(6-2)11-15(18)14-9-13(19-4)7-8-16(14)20-17/h7-9,12,15,18H,5-6,10-11H2,1-4H3/t12?,15-,17?/m0/s1. The van der Waals surface area contributed by atoms with Gasteiger partial charge < -0.3 is 14.6 Å². The second kappa shape index (κ2) is 6.04. The van der Waals surface area contributed by atoms with Crippen molar-refractivity contribution in [2.75, 3.05) is 7.11 Å². The maximum atomic E-state index is 10.5. The maximum absolute atomic E-state index is 10.5. The average Bonchev–Trinajstić information content (AvgIpc) is 2.46. The quantitative estimate of drug-likeness (QED) is 0.881. The highest BCUT2D eigenvalue weighted by Gasteiger charge is 2.40. The third-order valence-corrected chi connectivity index (χ3v) is 4.53. The van der Waals surface area contributed by atoms with E-state index >= 15 is 0 Å². The molecule has 3 nitrogen and oxygen atoms in total. The Morgan fingerprint density at radius 2 is 2.20 bits per heavy atom. The number of hydrogen-bond donors (Lipinski definition) is 1. The monoisotopic (exact) mass is 278 g/mol. The molecule has 3 heteroatoms. The Morgan fingerprint density at radius 1 is 1.45 bits per heavy atom. The van der Waals surface area contributed by atoms with Crippen molar-refractivity contribution in [3.63, 3.8) is 0 Å². The molecule has 0 fully saturated rings. The van der Waals surface area contributed by atoms with Crippen molar-refractivity contribution in [1.82, 2.24) is 0 Å². The number of hydrogen-bond acceptors (Lipinski definition) is 3. The molecule has 0 spiro atoms. The zero-order valence-corrected chi connectivity index (χ0v) is 13.0. The van der Waals surface area contributed by atoms with Gasteiger partial charge in [-0.1, -0.05) is 27.2 Å². The van der Waals surface area contributed by atoms with Crippen LogP contribution < -0.4 is 9.47 Å². The molecule has 112 valence electrons. The summed E-state index contributed by atoms with van der Waals surface area (Å²) in [6.07, 6.45) is 3.23. The second-order valence-corrected chi connectivity index (χ2v) is 5.98. The molecule has 0 aromatic heterocycles. The summed E-state index contributed by atoms with van der Waals surface area (Å²) in [4.78, 5) is 0. The van der Waals surface area contributed by atoms with E-state index in [0.717, 1.165) is 36.3 Å². The predicted molar refractivity (Wildman–Crippen MR) is 80.3 cm³/mol. The van der Waals surface area contributed by atoms with Crippen LogP contribution in [0.3, 0.4) is 0 Å². The first-order valence-corrected chi connectivity index (χ1v) is 7.58. The van der Waals surface area contributed by atoms with Crippen LogP contribution in [0.25, 0.3) is 0 Å². The third kappa shape index (κ3) is 2.93. The predicted octanol–water partition coefficient (Wildman–Crippen LogP) is 4.10. The maximum Gasteiger partial charge on any atom is 0.126 e. The van der Waals surface area contributed by atoms with Crippen LogP contribution in [0.1, 0.15) is 58.1 Å². The average molecular weight is 278 g/mol. The molecule has 0 aliphatic carbocycles. The van der Waals surface area contributed by atoms with Crippen molar-refractivity contribution in [1.29, 1.82) is 0 Å². The summed E-state index contributed by atoms with van der Waals surface area (Å²) >= 11 is 0. The SMILES string of the molecule is CCC(C)CC1(CC)C[C@H](O)c2cc(OC)ccc2O1. The summed E-state index contributed by atoms with van der Waals surface area (Å²) in [5, 5.41) is 10.5. The van der Waals surface area contributed by atoms with Crippen LogP contribution >= 0.6 is 0 Å². The smallest absolute Gasteiger partial charge is 0.126 e. The third-order valence-electron chi connectivity index (χ3n) is 4.53. The lowest BCUT2D eigenvalue weighted by Crippen LogP contribution is -2.42. The van der Waals surface area contributed by atoms with Gasteiger partial charge in [-0.3, -0.25) is 0 Å². The van der Waals surface area contributed by atoms with E-state index in [1.807, 2.05) is 18.2 Å². The van der Waals surface area contributed by atoms with Gasteiger partial charge in [0.25, 0.3) is 0 Å². The van der Waals surface area contributed by atoms with Crippen molar-refractivity contribution in [3.05, 3.63) is 23.8 Å². The van der Waals surface area contributed by atoms with Gasteiger partial charge in [0.15, 0.2) is 0 Å². The fraction of sp³-hybridized carbons (Fsp3) is 0.647. The van der Waals surface area contributed by atoms with Gasteiger partial charge in [-0.2, -0.15) is 0 Å². The summed E-state index contributed by atoms with van der Waals surface area (Å²) in [6.45, 7) is 6.59. The number of benzene rings is 1. The number of fused-ring (bicyclic) bond motifs is 1. The Hall–Kier alpha value is -1.22. The van der Waals surface area contributed by atoms with Crippen LogP contribution in [0, 0.1) is 5.92 Å². The summed E-state index contributed by atoms with van der Waals surface area (Å²) in [5.74, 6) is 2.16. The summed E-state index contributed by atoms with van der Waals surface area (Å²) in [6, 6.07) is 5.68. The van der Waals surface area contributed by atoms with Crippen LogP contribution in [-0.4, -0.2) is 17.8 Å². The van der Waals surface area contributed by atoms with Crippen LogP contribution in [0.5, 0.6) is 11.5 Å². The van der Waals surface area contributed by atoms with E-state index in [0.29, 0.717) is 12.3 Å². The van der Waals surface area contributed by atoms with Gasteiger partial charge in [0.1, 0.15) is 17.1 Å². The van der Waals surface area contributed by atoms with Crippen molar-refractivity contribution < 1.29 is 14.6 Å². The summed E-state index contributed by atoms with van der Waals surface area (Å²) in [5.41, 5.74) is 0.605. The molecular weight excluding hydrogens is 252 g/mol. The lowest BCUT2D eigenvalue weighted by atomic mass is 9.80. The van der Waals surface area contributed by atoms with Gasteiger partial charge in [0.2, 0.25) is 0 Å². The van der Waals surface area contributed by atoms with Gasteiger partial charge in [-0.05, 0) is 37.0 Å². The second-order valence-electron chi connectivity index (χ2n) is 5.98. The normalized spacial score (nSPS) is 26.6. The highest BCUT2D eigenvalue weighted by molar-refractivity contribution is 5.43. The first kappa shape index (κ1) is 15.2. The lowest BCUT2D eigenvalue weighted by Gasteiger charge is -2.42. The van der Waals surface area contributed by atoms with E-state index in [-0.39, 0.29) is 5.60 Å². The minimum absolute atomic E-state index is 0.240. The zero-order valence-electron chi connectivity index (χ0n) is 13.0. The van der Waals surface area contributed by atoms with Gasteiger partial charge in [-0.25, -0.2) is 0 Å². The van der Waals surface area contributed by atoms with E-state index < -0.39 is 6.10 Å². The molecule has 1 aromatic rings. The van der Waals surface area contributed by atoms with E-state index in [9.17, 15) is 5.11 Å². The van der Waals surface area contributed by atoms with Crippen LogP contribution in [0.2, 0.25) is 0 Å². The van der Waals surface area contributed by atoms with Crippen molar-refractivity contribution >= 4 is 0 Å². The van der Waals surface area contributed by atoms with Crippen molar-refractivity contribution in [2.45, 2.75) is 58.2 Å². The molecule has 0 radical (unpaired) electrons. The molecule has 0 bridgehead atoms. The molecule has 0 saturated carbocycles. The molecule has 1 N–H and O–H groups in total. The summed E-state index contributed by atoms with van der Waals surface area (Å²) in [7, 11) is 1.64. The molecule has 0 amide bonds. The highest BCUT2D eigenvalue weighted by Crippen LogP contribution is 2.45. The first-order valence-electron chi connectivity index (χ1n) is 7.58. The Kier molecular flexibility index (Phi) is 4.59. The van der Waals surface area contributed by atoms with Crippen molar-refractivity contribution in [3.8, 4) is 11.5 Å². The molecule has 1 aliphatic rings. The van der Waals surface area contributed by atoms with E-state index in [1.54, 1.807) is 7.11 Å². The van der Waals surface area contributed by atoms with E-state index in [4.69, 9.17) is 9.47 Å². The van der Waals surface area contributed by atoms with E-state index in [1.165, 1.54) is 0 Å². The van der Waals surface area contributed by atoms with Crippen LogP contribution in [0.15, 0.2) is 18.2 Å². The van der Waals surface area contributed by atoms with Gasteiger partial charge in [0.05, 0.1) is 13.2 Å². The number of rotatable bonds is 5. The lowest BCUT2D eigenvalue weighted by molar-refractivity contribution is -0.0319. The largest absolute Gasteiger partial charge is 0.497 e. The van der Waals surface area contributed by atoms with E-state index in [2.05, 4.69) is 20.8 Å².